The quantitative estimate of drug-likeness (QED) is 0.613. The minimum Gasteiger partial charge on any atom is -0.379 e. The van der Waals surface area contributed by atoms with E-state index in [9.17, 15) is 13.2 Å². The number of amides is 1. The smallest absolute Gasteiger partial charge is 0.339 e. The highest BCUT2D eigenvalue weighted by atomic mass is 32.2. The van der Waals surface area contributed by atoms with Crippen molar-refractivity contribution in [2.24, 2.45) is 0 Å². The van der Waals surface area contributed by atoms with Crippen molar-refractivity contribution in [1.82, 2.24) is 20.2 Å². The Morgan fingerprint density at radius 1 is 1.04 bits per heavy atom. The van der Waals surface area contributed by atoms with Crippen LogP contribution in [0.1, 0.15) is 12.8 Å². The molecule has 2 aromatic carbocycles. The molecule has 4 rings (SSSR count). The summed E-state index contributed by atoms with van der Waals surface area (Å²) in [6.07, 6.45) is 2.71. The van der Waals surface area contributed by atoms with Gasteiger partial charge in [0.1, 0.15) is 17.0 Å². The fourth-order valence-corrected chi connectivity index (χ4v) is 3.77. The van der Waals surface area contributed by atoms with E-state index in [0.717, 1.165) is 6.42 Å². The lowest BCUT2D eigenvalue weighted by molar-refractivity contribution is -0.117. The molecule has 138 valence electrons. The van der Waals surface area contributed by atoms with Crippen LogP contribution in [0.3, 0.4) is 0 Å². The number of nitrogens with zero attached hydrogens (tertiary/aromatic N) is 5. The average molecular weight is 385 g/mol. The van der Waals surface area contributed by atoms with Gasteiger partial charge in [0.25, 0.3) is 0 Å². The third-order valence-electron chi connectivity index (χ3n) is 4.15. The monoisotopic (exact) mass is 385 g/mol. The van der Waals surface area contributed by atoms with Crippen molar-refractivity contribution in [3.63, 3.8) is 0 Å². The van der Waals surface area contributed by atoms with Crippen molar-refractivity contribution < 1.29 is 17.4 Å². The topological polar surface area (TPSA) is 107 Å². The van der Waals surface area contributed by atoms with Gasteiger partial charge in [-0.1, -0.05) is 6.07 Å². The predicted octanol–water partition coefficient (Wildman–Crippen LogP) is 1.56. The van der Waals surface area contributed by atoms with Gasteiger partial charge in [-0.25, -0.2) is 4.68 Å². The summed E-state index contributed by atoms with van der Waals surface area (Å²) in [5.41, 5.74) is 1.24. The Hall–Kier alpha value is -3.27. The van der Waals surface area contributed by atoms with Crippen molar-refractivity contribution in [3.05, 3.63) is 54.9 Å². The molecule has 0 spiro atoms. The number of benzene rings is 2. The molecule has 0 aliphatic carbocycles. The first-order valence-electron chi connectivity index (χ1n) is 8.21. The van der Waals surface area contributed by atoms with Gasteiger partial charge in [-0.05, 0) is 53.2 Å². The van der Waals surface area contributed by atoms with Gasteiger partial charge in [0, 0.05) is 24.7 Å². The van der Waals surface area contributed by atoms with Gasteiger partial charge < -0.3 is 9.08 Å². The Kier molecular flexibility index (Phi) is 4.32. The Morgan fingerprint density at radius 2 is 1.85 bits per heavy atom. The fourth-order valence-electron chi connectivity index (χ4n) is 2.85. The molecule has 9 nitrogen and oxygen atoms in total. The minimum absolute atomic E-state index is 0.00530. The largest absolute Gasteiger partial charge is 0.379 e. The molecule has 10 heteroatoms. The molecule has 1 saturated heterocycles. The molecule has 0 atom stereocenters. The second kappa shape index (κ2) is 6.80. The number of rotatable bonds is 5. The van der Waals surface area contributed by atoms with Crippen LogP contribution in [0, 0.1) is 0 Å². The first kappa shape index (κ1) is 17.2. The molecule has 0 N–H and O–H groups in total. The van der Waals surface area contributed by atoms with E-state index in [4.69, 9.17) is 4.18 Å². The van der Waals surface area contributed by atoms with Crippen LogP contribution in [0.25, 0.3) is 5.69 Å². The first-order chi connectivity index (χ1) is 13.0. The number of carbonyl (C=O) groups excluding carboxylic acids is 1. The number of hydrogen-bond acceptors (Lipinski definition) is 7. The summed E-state index contributed by atoms with van der Waals surface area (Å²) in [6.45, 7) is 0.644. The maximum absolute atomic E-state index is 12.5. The molecular weight excluding hydrogens is 370 g/mol. The van der Waals surface area contributed by atoms with Crippen LogP contribution in [-0.4, -0.2) is 41.1 Å². The first-order valence-corrected chi connectivity index (χ1v) is 9.62. The molecule has 0 bridgehead atoms. The summed E-state index contributed by atoms with van der Waals surface area (Å²) in [4.78, 5) is 13.4. The standard InChI is InChI=1S/C17H15N5O4S/c23-17-5-2-10-21(17)13-6-8-16(9-7-13)27(24,25)26-15-4-1-3-14(11-15)22-12-18-19-20-22/h1,3-4,6-9,11-12H,2,5,10H2. The van der Waals surface area contributed by atoms with Gasteiger partial charge >= 0.3 is 10.1 Å². The van der Waals surface area contributed by atoms with Crippen LogP contribution >= 0.6 is 0 Å². The van der Waals surface area contributed by atoms with Crippen molar-refractivity contribution in [3.8, 4) is 11.4 Å². The molecule has 1 aliphatic heterocycles. The third kappa shape index (κ3) is 3.51. The van der Waals surface area contributed by atoms with Gasteiger partial charge in [-0.3, -0.25) is 4.79 Å². The van der Waals surface area contributed by atoms with Crippen LogP contribution < -0.4 is 9.08 Å². The molecule has 1 fully saturated rings. The number of carbonyl (C=O) groups is 1. The van der Waals surface area contributed by atoms with Gasteiger partial charge in [-0.15, -0.1) is 5.10 Å². The molecule has 1 amide bonds. The number of tetrazole rings is 1. The van der Waals surface area contributed by atoms with E-state index in [1.165, 1.54) is 35.3 Å². The van der Waals surface area contributed by atoms with Crippen LogP contribution in [0.15, 0.2) is 59.8 Å². The van der Waals surface area contributed by atoms with Gasteiger partial charge in [0.2, 0.25) is 5.91 Å². The normalized spacial score (nSPS) is 14.5. The van der Waals surface area contributed by atoms with Crippen LogP contribution in [0.5, 0.6) is 5.75 Å². The Labute approximate surface area is 155 Å². The van der Waals surface area contributed by atoms with E-state index in [2.05, 4.69) is 15.5 Å². The predicted molar refractivity (Wildman–Crippen MR) is 95.0 cm³/mol. The highest BCUT2D eigenvalue weighted by Crippen LogP contribution is 2.25. The zero-order valence-electron chi connectivity index (χ0n) is 14.1. The Balaban J connectivity index is 1.55. The molecular formula is C17H15N5O4S. The van der Waals surface area contributed by atoms with Crippen molar-refractivity contribution in [1.29, 1.82) is 0 Å². The minimum atomic E-state index is -4.02. The number of hydrogen-bond donors (Lipinski definition) is 0. The summed E-state index contributed by atoms with van der Waals surface area (Å²) in [7, 11) is -4.02. The van der Waals surface area contributed by atoms with E-state index in [1.54, 1.807) is 29.2 Å². The highest BCUT2D eigenvalue weighted by Gasteiger charge is 2.23. The zero-order chi connectivity index (χ0) is 18.9. The summed E-state index contributed by atoms with van der Waals surface area (Å²) in [5.74, 6) is 0.183. The van der Waals surface area contributed by atoms with Gasteiger partial charge in [-0.2, -0.15) is 8.42 Å². The fraction of sp³-hybridized carbons (Fsp3) is 0.176. The molecule has 1 aliphatic rings. The maximum atomic E-state index is 12.5. The summed E-state index contributed by atoms with van der Waals surface area (Å²) >= 11 is 0. The Morgan fingerprint density at radius 3 is 2.52 bits per heavy atom. The summed E-state index contributed by atoms with van der Waals surface area (Å²) in [6, 6.07) is 12.5. The molecule has 0 saturated carbocycles. The number of anilines is 1. The zero-order valence-corrected chi connectivity index (χ0v) is 14.9. The average Bonchev–Trinajstić information content (AvgIpc) is 3.33. The molecule has 2 heterocycles. The van der Waals surface area contributed by atoms with E-state index < -0.39 is 10.1 Å². The van der Waals surface area contributed by atoms with E-state index in [1.807, 2.05) is 0 Å². The summed E-state index contributed by atoms with van der Waals surface area (Å²) < 4.78 is 31.7. The van der Waals surface area contributed by atoms with E-state index >= 15 is 0 Å². The highest BCUT2D eigenvalue weighted by molar-refractivity contribution is 7.87. The molecule has 0 unspecified atom stereocenters. The second-order valence-electron chi connectivity index (χ2n) is 5.93. The molecule has 1 aromatic heterocycles. The molecule has 0 radical (unpaired) electrons. The van der Waals surface area contributed by atoms with E-state index in [0.29, 0.717) is 24.3 Å². The Bertz CT molecular complexity index is 1060. The van der Waals surface area contributed by atoms with Crippen LogP contribution in [-0.2, 0) is 14.9 Å². The van der Waals surface area contributed by atoms with Crippen molar-refractivity contribution >= 4 is 21.7 Å². The molecule has 27 heavy (non-hydrogen) atoms. The lowest BCUT2D eigenvalue weighted by atomic mass is 10.3. The maximum Gasteiger partial charge on any atom is 0.339 e. The third-order valence-corrected chi connectivity index (χ3v) is 5.41. The van der Waals surface area contributed by atoms with Crippen molar-refractivity contribution in [2.45, 2.75) is 17.7 Å². The van der Waals surface area contributed by atoms with Crippen molar-refractivity contribution in [2.75, 3.05) is 11.4 Å². The lowest BCUT2D eigenvalue weighted by Crippen LogP contribution is -2.23. The van der Waals surface area contributed by atoms with Crippen LogP contribution in [0.4, 0.5) is 5.69 Å². The second-order valence-corrected chi connectivity index (χ2v) is 7.48. The summed E-state index contributed by atoms with van der Waals surface area (Å²) in [5, 5.41) is 10.8. The lowest BCUT2D eigenvalue weighted by Gasteiger charge is -2.16. The van der Waals surface area contributed by atoms with Gasteiger partial charge in [0.15, 0.2) is 0 Å². The SMILES string of the molecule is O=C1CCCN1c1ccc(S(=O)(=O)Oc2cccc(-n3cnnn3)c2)cc1. The van der Waals surface area contributed by atoms with Gasteiger partial charge in [0.05, 0.1) is 5.69 Å². The molecule has 3 aromatic rings. The van der Waals surface area contributed by atoms with E-state index in [-0.39, 0.29) is 16.6 Å². The van der Waals surface area contributed by atoms with Crippen LogP contribution in [0.2, 0.25) is 0 Å². The number of aromatic nitrogens is 4.